The predicted molar refractivity (Wildman–Crippen MR) is 67.9 cm³/mol. The van der Waals surface area contributed by atoms with E-state index in [1.54, 1.807) is 0 Å². The summed E-state index contributed by atoms with van der Waals surface area (Å²) in [5, 5.41) is 0. The minimum atomic E-state index is 0.719. The summed E-state index contributed by atoms with van der Waals surface area (Å²) in [6, 6.07) is 0.719. The molecule has 0 radical (unpaired) electrons. The second-order valence-electron chi connectivity index (χ2n) is 3.78. The van der Waals surface area contributed by atoms with Crippen LogP contribution >= 0.6 is 0 Å². The first kappa shape index (κ1) is 16.4. The molecule has 0 bridgehead atoms. The van der Waals surface area contributed by atoms with Gasteiger partial charge >= 0.3 is 0 Å². The molecular formula is C13H31N. The smallest absolute Gasteiger partial charge is 0.00384 e. The van der Waals surface area contributed by atoms with Crippen molar-refractivity contribution in [3.05, 3.63) is 0 Å². The Morgan fingerprint density at radius 3 is 1.86 bits per heavy atom. The van der Waals surface area contributed by atoms with Crippen LogP contribution in [0.5, 0.6) is 0 Å². The average molecular weight is 201 g/mol. The summed E-state index contributed by atoms with van der Waals surface area (Å²) in [5.41, 5.74) is 0. The van der Waals surface area contributed by atoms with Crippen molar-refractivity contribution in [1.82, 2.24) is 4.90 Å². The quantitative estimate of drug-likeness (QED) is 0.554. The number of nitrogens with zero attached hydrogens (tertiary/aromatic N) is 1. The second kappa shape index (κ2) is 13.0. The van der Waals surface area contributed by atoms with Crippen molar-refractivity contribution in [2.24, 2.45) is 0 Å². The van der Waals surface area contributed by atoms with E-state index < -0.39 is 0 Å². The molecule has 0 aromatic heterocycles. The third-order valence-electron chi connectivity index (χ3n) is 2.44. The normalized spacial score (nSPS) is 10.3. The van der Waals surface area contributed by atoms with Crippen LogP contribution in [0.1, 0.15) is 67.2 Å². The van der Waals surface area contributed by atoms with Gasteiger partial charge in [-0.2, -0.15) is 0 Å². The van der Waals surface area contributed by atoms with Gasteiger partial charge in [0.2, 0.25) is 0 Å². The van der Waals surface area contributed by atoms with Crippen molar-refractivity contribution in [3.63, 3.8) is 0 Å². The molecule has 0 saturated carbocycles. The van der Waals surface area contributed by atoms with E-state index >= 15 is 0 Å². The number of unbranched alkanes of at least 4 members (excludes halogenated alkanes) is 3. The maximum absolute atomic E-state index is 2.54. The minimum Gasteiger partial charge on any atom is -0.301 e. The highest BCUT2D eigenvalue weighted by Crippen LogP contribution is 2.03. The van der Waals surface area contributed by atoms with Gasteiger partial charge in [0.1, 0.15) is 0 Å². The lowest BCUT2D eigenvalue weighted by Crippen LogP contribution is -2.31. The van der Waals surface area contributed by atoms with Crippen LogP contribution in [-0.2, 0) is 0 Å². The number of hydrogen-bond donors (Lipinski definition) is 0. The monoisotopic (exact) mass is 201 g/mol. The van der Waals surface area contributed by atoms with Crippen LogP contribution in [0.15, 0.2) is 0 Å². The molecule has 0 aliphatic carbocycles. The zero-order valence-electron chi connectivity index (χ0n) is 11.3. The molecule has 0 amide bonds. The summed E-state index contributed by atoms with van der Waals surface area (Å²) in [6.45, 7) is 15.6. The predicted octanol–water partition coefficient (Wildman–Crippen LogP) is 4.32. The van der Waals surface area contributed by atoms with Crippen molar-refractivity contribution in [2.45, 2.75) is 73.3 Å². The Morgan fingerprint density at radius 2 is 1.50 bits per heavy atom. The van der Waals surface area contributed by atoms with E-state index in [-0.39, 0.29) is 0 Å². The van der Waals surface area contributed by atoms with Crippen molar-refractivity contribution in [3.8, 4) is 0 Å². The fourth-order valence-electron chi connectivity index (χ4n) is 1.52. The molecule has 1 heteroatoms. The molecule has 0 aliphatic rings. The SMILES string of the molecule is CC.CCCCCCN(CC)C(C)C. The lowest BCUT2D eigenvalue weighted by atomic mass is 10.2. The van der Waals surface area contributed by atoms with E-state index in [2.05, 4.69) is 32.6 Å². The van der Waals surface area contributed by atoms with Crippen LogP contribution in [0, 0.1) is 0 Å². The van der Waals surface area contributed by atoms with Crippen LogP contribution in [0.4, 0.5) is 0 Å². The zero-order chi connectivity index (χ0) is 11.4. The van der Waals surface area contributed by atoms with Gasteiger partial charge < -0.3 is 4.90 Å². The van der Waals surface area contributed by atoms with Crippen LogP contribution in [0.25, 0.3) is 0 Å². The van der Waals surface area contributed by atoms with E-state index in [1.807, 2.05) is 13.8 Å². The molecule has 0 N–H and O–H groups in total. The topological polar surface area (TPSA) is 3.24 Å². The summed E-state index contributed by atoms with van der Waals surface area (Å²) < 4.78 is 0. The van der Waals surface area contributed by atoms with E-state index in [0.29, 0.717) is 0 Å². The van der Waals surface area contributed by atoms with Crippen LogP contribution in [0.2, 0.25) is 0 Å². The fraction of sp³-hybridized carbons (Fsp3) is 1.00. The van der Waals surface area contributed by atoms with Crippen molar-refractivity contribution in [1.29, 1.82) is 0 Å². The molecule has 0 spiro atoms. The van der Waals surface area contributed by atoms with Gasteiger partial charge in [-0.05, 0) is 33.4 Å². The summed E-state index contributed by atoms with van der Waals surface area (Å²) in [5.74, 6) is 0. The molecule has 14 heavy (non-hydrogen) atoms. The lowest BCUT2D eigenvalue weighted by molar-refractivity contribution is 0.228. The largest absolute Gasteiger partial charge is 0.301 e. The highest BCUT2D eigenvalue weighted by atomic mass is 15.1. The van der Waals surface area contributed by atoms with Gasteiger partial charge in [-0.25, -0.2) is 0 Å². The Morgan fingerprint density at radius 1 is 0.929 bits per heavy atom. The highest BCUT2D eigenvalue weighted by molar-refractivity contribution is 4.60. The molecule has 0 aromatic rings. The van der Waals surface area contributed by atoms with E-state index in [0.717, 1.165) is 6.04 Å². The molecule has 0 atom stereocenters. The molecule has 0 saturated heterocycles. The van der Waals surface area contributed by atoms with Crippen molar-refractivity contribution in [2.75, 3.05) is 13.1 Å². The Kier molecular flexibility index (Phi) is 15.2. The third-order valence-corrected chi connectivity index (χ3v) is 2.44. The first-order valence-electron chi connectivity index (χ1n) is 6.46. The fourth-order valence-corrected chi connectivity index (χ4v) is 1.52. The van der Waals surface area contributed by atoms with Crippen LogP contribution < -0.4 is 0 Å². The van der Waals surface area contributed by atoms with Gasteiger partial charge in [-0.1, -0.05) is 47.0 Å². The van der Waals surface area contributed by atoms with Gasteiger partial charge in [-0.3, -0.25) is 0 Å². The summed E-state index contributed by atoms with van der Waals surface area (Å²) >= 11 is 0. The maximum Gasteiger partial charge on any atom is 0.00384 e. The Labute approximate surface area is 91.9 Å². The molecule has 0 rings (SSSR count). The zero-order valence-corrected chi connectivity index (χ0v) is 11.3. The summed E-state index contributed by atoms with van der Waals surface area (Å²) in [6.07, 6.45) is 5.52. The van der Waals surface area contributed by atoms with Crippen LogP contribution in [0.3, 0.4) is 0 Å². The van der Waals surface area contributed by atoms with Crippen molar-refractivity contribution < 1.29 is 0 Å². The Balaban J connectivity index is 0. The summed E-state index contributed by atoms with van der Waals surface area (Å²) in [7, 11) is 0. The van der Waals surface area contributed by atoms with E-state index in [4.69, 9.17) is 0 Å². The molecule has 0 heterocycles. The molecule has 88 valence electrons. The molecule has 0 fully saturated rings. The van der Waals surface area contributed by atoms with Gasteiger partial charge in [0, 0.05) is 6.04 Å². The third kappa shape index (κ3) is 10.0. The molecule has 1 nitrogen and oxygen atoms in total. The lowest BCUT2D eigenvalue weighted by Gasteiger charge is -2.24. The minimum absolute atomic E-state index is 0.719. The number of hydrogen-bond acceptors (Lipinski definition) is 1. The van der Waals surface area contributed by atoms with Crippen LogP contribution in [-0.4, -0.2) is 24.0 Å². The highest BCUT2D eigenvalue weighted by Gasteiger charge is 2.04. The van der Waals surface area contributed by atoms with Crippen molar-refractivity contribution >= 4 is 0 Å². The molecule has 0 unspecified atom stereocenters. The second-order valence-corrected chi connectivity index (χ2v) is 3.78. The number of rotatable bonds is 7. The van der Waals surface area contributed by atoms with E-state index in [9.17, 15) is 0 Å². The molecule has 0 aromatic carbocycles. The van der Waals surface area contributed by atoms with E-state index in [1.165, 1.54) is 38.8 Å². The Bertz CT molecular complexity index is 89.2. The summed E-state index contributed by atoms with van der Waals surface area (Å²) in [4.78, 5) is 2.54. The molecule has 0 aliphatic heterocycles. The van der Waals surface area contributed by atoms with Gasteiger partial charge in [0.05, 0.1) is 0 Å². The Hall–Kier alpha value is -0.0400. The van der Waals surface area contributed by atoms with Gasteiger partial charge in [-0.15, -0.1) is 0 Å². The average Bonchev–Trinajstić information content (AvgIpc) is 2.20. The standard InChI is InChI=1S/C11H25N.C2H6/c1-5-7-8-9-10-12(6-2)11(3)4;1-2/h11H,5-10H2,1-4H3;1-2H3. The first-order chi connectivity index (χ1) is 6.72. The first-order valence-corrected chi connectivity index (χ1v) is 6.46. The molecular weight excluding hydrogens is 170 g/mol. The van der Waals surface area contributed by atoms with Gasteiger partial charge in [0.25, 0.3) is 0 Å². The maximum atomic E-state index is 2.54. The van der Waals surface area contributed by atoms with Gasteiger partial charge in [0.15, 0.2) is 0 Å².